The Morgan fingerprint density at radius 1 is 1.20 bits per heavy atom. The van der Waals surface area contributed by atoms with Crippen molar-refractivity contribution in [1.29, 1.82) is 0 Å². The molecule has 1 aromatic carbocycles. The third-order valence-corrected chi connectivity index (χ3v) is 6.23. The van der Waals surface area contributed by atoms with Crippen molar-refractivity contribution in [1.82, 2.24) is 4.72 Å². The Kier molecular flexibility index (Phi) is 5.98. The smallest absolute Gasteiger partial charge is 0.391 e. The van der Waals surface area contributed by atoms with Crippen LogP contribution in [-0.4, -0.2) is 15.5 Å². The largest absolute Gasteiger partial charge is 0.598 e. The van der Waals surface area contributed by atoms with Gasteiger partial charge in [-0.1, -0.05) is 17.7 Å². The summed E-state index contributed by atoms with van der Waals surface area (Å²) in [5, 5.41) is -0.725. The Hall–Kier alpha value is -0.570. The summed E-state index contributed by atoms with van der Waals surface area (Å²) in [5.41, 5.74) is -0.0744. The van der Waals surface area contributed by atoms with Gasteiger partial charge in [-0.2, -0.15) is 13.2 Å². The predicted molar refractivity (Wildman–Crippen MR) is 87.4 cm³/mol. The minimum atomic E-state index is -4.32. The van der Waals surface area contributed by atoms with Gasteiger partial charge in [0.15, 0.2) is 0 Å². The lowest BCUT2D eigenvalue weighted by Gasteiger charge is -2.42. The molecule has 1 unspecified atom stereocenters. The van der Waals surface area contributed by atoms with Gasteiger partial charge in [0.1, 0.15) is 21.4 Å². The van der Waals surface area contributed by atoms with Crippen molar-refractivity contribution in [2.45, 2.75) is 50.6 Å². The van der Waals surface area contributed by atoms with E-state index in [0.717, 1.165) is 12.1 Å². The van der Waals surface area contributed by atoms with E-state index in [9.17, 15) is 26.5 Å². The van der Waals surface area contributed by atoms with Crippen LogP contribution < -0.4 is 4.72 Å². The Morgan fingerprint density at radius 3 is 2.24 bits per heavy atom. The van der Waals surface area contributed by atoms with Crippen molar-refractivity contribution in [3.63, 3.8) is 0 Å². The first-order valence-electron chi connectivity index (χ1n) is 7.70. The molecule has 25 heavy (non-hydrogen) atoms. The summed E-state index contributed by atoms with van der Waals surface area (Å²) in [5.74, 6) is -4.04. The molecule has 0 spiro atoms. The van der Waals surface area contributed by atoms with E-state index in [1.807, 2.05) is 0 Å². The lowest BCUT2D eigenvalue weighted by atomic mass is 9.69. The molecule has 0 amide bonds. The van der Waals surface area contributed by atoms with Gasteiger partial charge in [0.2, 0.25) is 0 Å². The Labute approximate surface area is 151 Å². The van der Waals surface area contributed by atoms with Gasteiger partial charge >= 0.3 is 6.18 Å². The van der Waals surface area contributed by atoms with E-state index in [-0.39, 0.29) is 18.4 Å². The fourth-order valence-electron chi connectivity index (χ4n) is 2.69. The molecule has 2 rings (SSSR count). The molecule has 1 aliphatic carbocycles. The SMILES string of the molecule is CC(C)(C)[S@@+]([O-])NC(c1ccc(F)c(Cl)c1F)[C@H]1C[C@@H](C(F)(F)F)C1. The second-order valence-corrected chi connectivity index (χ2v) is 9.59. The monoisotopic (exact) mass is 403 g/mol. The average molecular weight is 404 g/mol. The maximum absolute atomic E-state index is 14.4. The number of halogens is 6. The number of nitrogens with one attached hydrogen (secondary N) is 1. The quantitative estimate of drug-likeness (QED) is 0.420. The van der Waals surface area contributed by atoms with Crippen molar-refractivity contribution in [2.24, 2.45) is 11.8 Å². The molecule has 0 aliphatic heterocycles. The summed E-state index contributed by atoms with van der Waals surface area (Å²) >= 11 is 3.94. The fourth-order valence-corrected chi connectivity index (χ4v) is 3.76. The maximum atomic E-state index is 14.4. The first-order valence-corrected chi connectivity index (χ1v) is 9.23. The minimum absolute atomic E-state index is 0.0744. The first kappa shape index (κ1) is 20.7. The van der Waals surface area contributed by atoms with Crippen LogP contribution in [0, 0.1) is 23.5 Å². The van der Waals surface area contributed by atoms with E-state index in [2.05, 4.69) is 4.72 Å². The molecule has 1 fully saturated rings. The van der Waals surface area contributed by atoms with Crippen molar-refractivity contribution >= 4 is 23.0 Å². The molecule has 1 aliphatic rings. The normalized spacial score (nSPS) is 23.9. The van der Waals surface area contributed by atoms with Gasteiger partial charge in [0.25, 0.3) is 0 Å². The maximum Gasteiger partial charge on any atom is 0.391 e. The second-order valence-electron chi connectivity index (χ2n) is 7.21. The van der Waals surface area contributed by atoms with Crippen LogP contribution in [0.2, 0.25) is 5.02 Å². The van der Waals surface area contributed by atoms with Crippen molar-refractivity contribution in [3.8, 4) is 0 Å². The summed E-state index contributed by atoms with van der Waals surface area (Å²) in [7, 11) is 0. The standard InChI is InChI=1S/C16H19ClF5NOS/c1-15(2,3)25(24)23-14(8-6-9(7-8)16(20,21)22)10-4-5-11(18)12(17)13(10)19/h4-5,8-9,14,23H,6-7H2,1-3H3/t8-,9+,14?,25-/m1/s1. The van der Waals surface area contributed by atoms with E-state index in [4.69, 9.17) is 11.6 Å². The van der Waals surface area contributed by atoms with Gasteiger partial charge in [-0.05, 0) is 45.6 Å². The van der Waals surface area contributed by atoms with E-state index < -0.39 is 56.8 Å². The van der Waals surface area contributed by atoms with Gasteiger partial charge < -0.3 is 4.55 Å². The summed E-state index contributed by atoms with van der Waals surface area (Å²) in [6, 6.07) is 1.14. The average Bonchev–Trinajstić information content (AvgIpc) is 2.40. The molecule has 0 aromatic heterocycles. The molecule has 0 saturated heterocycles. The van der Waals surface area contributed by atoms with Crippen LogP contribution in [0.15, 0.2) is 12.1 Å². The predicted octanol–water partition coefficient (Wildman–Crippen LogP) is 5.30. The Bertz CT molecular complexity index is 628. The van der Waals surface area contributed by atoms with Gasteiger partial charge in [-0.15, -0.1) is 4.72 Å². The van der Waals surface area contributed by atoms with Crippen LogP contribution in [0.3, 0.4) is 0 Å². The number of benzene rings is 1. The van der Waals surface area contributed by atoms with Gasteiger partial charge in [-0.3, -0.25) is 0 Å². The molecule has 0 radical (unpaired) electrons. The molecule has 2 atom stereocenters. The highest BCUT2D eigenvalue weighted by Crippen LogP contribution is 2.50. The first-order chi connectivity index (χ1) is 11.3. The van der Waals surface area contributed by atoms with Crippen LogP contribution in [0.5, 0.6) is 0 Å². The highest BCUT2D eigenvalue weighted by Gasteiger charge is 2.51. The molecular formula is C16H19ClF5NOS. The van der Waals surface area contributed by atoms with Crippen molar-refractivity contribution in [2.75, 3.05) is 0 Å². The fraction of sp³-hybridized carbons (Fsp3) is 0.625. The van der Waals surface area contributed by atoms with Crippen molar-refractivity contribution in [3.05, 3.63) is 34.4 Å². The zero-order valence-corrected chi connectivity index (χ0v) is 15.5. The lowest BCUT2D eigenvalue weighted by Crippen LogP contribution is -2.47. The van der Waals surface area contributed by atoms with Crippen LogP contribution >= 0.6 is 11.6 Å². The Morgan fingerprint density at radius 2 is 1.76 bits per heavy atom. The van der Waals surface area contributed by atoms with Crippen LogP contribution in [0.4, 0.5) is 22.0 Å². The molecule has 0 bridgehead atoms. The molecule has 1 saturated carbocycles. The van der Waals surface area contributed by atoms with Gasteiger partial charge in [0.05, 0.1) is 12.0 Å². The van der Waals surface area contributed by atoms with Gasteiger partial charge in [0, 0.05) is 16.9 Å². The van der Waals surface area contributed by atoms with E-state index in [1.54, 1.807) is 20.8 Å². The molecular weight excluding hydrogens is 385 g/mol. The highest BCUT2D eigenvalue weighted by molar-refractivity contribution is 7.90. The number of alkyl halides is 3. The Balaban J connectivity index is 2.30. The molecule has 0 heterocycles. The van der Waals surface area contributed by atoms with Crippen LogP contribution in [0.25, 0.3) is 0 Å². The number of rotatable bonds is 4. The van der Waals surface area contributed by atoms with E-state index in [1.165, 1.54) is 0 Å². The summed E-state index contributed by atoms with van der Waals surface area (Å²) in [6.07, 6.45) is -4.74. The number of hydrogen-bond donors (Lipinski definition) is 1. The summed E-state index contributed by atoms with van der Waals surface area (Å²) in [6.45, 7) is 5.04. The van der Waals surface area contributed by atoms with Gasteiger partial charge in [-0.25, -0.2) is 8.78 Å². The third kappa shape index (κ3) is 4.59. The molecule has 1 N–H and O–H groups in total. The zero-order valence-electron chi connectivity index (χ0n) is 13.9. The molecule has 142 valence electrons. The minimum Gasteiger partial charge on any atom is -0.598 e. The third-order valence-electron chi connectivity index (χ3n) is 4.30. The molecule has 2 nitrogen and oxygen atoms in total. The van der Waals surface area contributed by atoms with Crippen molar-refractivity contribution < 1.29 is 26.5 Å². The molecule has 1 aromatic rings. The zero-order chi connectivity index (χ0) is 19.2. The second kappa shape index (κ2) is 7.21. The summed E-state index contributed by atoms with van der Waals surface area (Å²) < 4.78 is 80.5. The molecule has 9 heteroatoms. The van der Waals surface area contributed by atoms with Crippen LogP contribution in [-0.2, 0) is 11.4 Å². The van der Waals surface area contributed by atoms with E-state index in [0.29, 0.717) is 0 Å². The number of hydrogen-bond acceptors (Lipinski definition) is 2. The topological polar surface area (TPSA) is 35.1 Å². The van der Waals surface area contributed by atoms with E-state index >= 15 is 0 Å². The summed E-state index contributed by atoms with van der Waals surface area (Å²) in [4.78, 5) is 0. The highest BCUT2D eigenvalue weighted by atomic mass is 35.5. The lowest BCUT2D eigenvalue weighted by molar-refractivity contribution is -0.206. The van der Waals surface area contributed by atoms with Crippen LogP contribution in [0.1, 0.15) is 45.2 Å².